The van der Waals surface area contributed by atoms with Gasteiger partial charge in [-0.25, -0.2) is 0 Å². The topological polar surface area (TPSA) is 64.4 Å². The molecule has 4 N–H and O–H groups in total. The zero-order valence-electron chi connectivity index (χ0n) is 9.37. The molecule has 0 spiro atoms. The molecule has 1 aliphatic carbocycles. The molecule has 1 rings (SSSR count). The highest BCUT2D eigenvalue weighted by Crippen LogP contribution is 2.32. The van der Waals surface area contributed by atoms with Crippen LogP contribution in [0.5, 0.6) is 0 Å². The Hall–Kier alpha value is -0.730. The van der Waals surface area contributed by atoms with Crippen LogP contribution in [0.4, 0.5) is 0 Å². The Morgan fingerprint density at radius 2 is 1.64 bits per heavy atom. The Kier molecular flexibility index (Phi) is 4.23. The fourth-order valence-electron chi connectivity index (χ4n) is 2.49. The Morgan fingerprint density at radius 1 is 1.14 bits per heavy atom. The van der Waals surface area contributed by atoms with Gasteiger partial charge >= 0.3 is 0 Å². The minimum atomic E-state index is 0.230. The molecule has 3 heteroatoms. The normalized spacial score (nSPS) is 33.4. The predicted molar refractivity (Wildman–Crippen MR) is 61.0 cm³/mol. The van der Waals surface area contributed by atoms with E-state index in [4.69, 9.17) is 11.5 Å². The van der Waals surface area contributed by atoms with E-state index in [1.54, 1.807) is 0 Å². The van der Waals surface area contributed by atoms with Crippen molar-refractivity contribution in [3.8, 4) is 0 Å². The van der Waals surface area contributed by atoms with E-state index < -0.39 is 0 Å². The van der Waals surface area contributed by atoms with Gasteiger partial charge in [-0.3, -0.25) is 4.99 Å². The van der Waals surface area contributed by atoms with Gasteiger partial charge in [-0.1, -0.05) is 39.5 Å². The highest BCUT2D eigenvalue weighted by atomic mass is 15.0. The van der Waals surface area contributed by atoms with Gasteiger partial charge in [0.25, 0.3) is 0 Å². The van der Waals surface area contributed by atoms with Crippen LogP contribution in [-0.4, -0.2) is 12.5 Å². The number of nitrogens with zero attached hydrogens (tertiary/aromatic N) is 1. The molecule has 0 aromatic heterocycles. The monoisotopic (exact) mass is 197 g/mol. The van der Waals surface area contributed by atoms with Crippen molar-refractivity contribution >= 4 is 5.96 Å². The van der Waals surface area contributed by atoms with Crippen molar-refractivity contribution in [1.29, 1.82) is 0 Å². The van der Waals surface area contributed by atoms with Crippen LogP contribution in [0.2, 0.25) is 0 Å². The molecule has 0 saturated heterocycles. The van der Waals surface area contributed by atoms with Crippen molar-refractivity contribution in [2.45, 2.75) is 39.5 Å². The van der Waals surface area contributed by atoms with Crippen LogP contribution in [0.3, 0.4) is 0 Å². The van der Waals surface area contributed by atoms with Crippen LogP contribution >= 0.6 is 0 Å². The minimum absolute atomic E-state index is 0.230. The molecule has 0 aliphatic heterocycles. The molecule has 82 valence electrons. The molecule has 0 aromatic carbocycles. The lowest BCUT2D eigenvalue weighted by molar-refractivity contribution is 0.267. The largest absolute Gasteiger partial charge is 0.370 e. The number of guanidine groups is 1. The van der Waals surface area contributed by atoms with Crippen molar-refractivity contribution in [3.05, 3.63) is 0 Å². The second-order valence-corrected chi connectivity index (χ2v) is 4.67. The summed E-state index contributed by atoms with van der Waals surface area (Å²) in [5.74, 6) is 2.42. The van der Waals surface area contributed by atoms with Crippen LogP contribution < -0.4 is 11.5 Å². The highest BCUT2D eigenvalue weighted by molar-refractivity contribution is 5.75. The summed E-state index contributed by atoms with van der Waals surface area (Å²) in [5, 5.41) is 0. The lowest BCUT2D eigenvalue weighted by Crippen LogP contribution is -2.27. The third-order valence-electron chi connectivity index (χ3n) is 3.52. The van der Waals surface area contributed by atoms with Gasteiger partial charge in [-0.2, -0.15) is 0 Å². The van der Waals surface area contributed by atoms with Crippen LogP contribution in [0.15, 0.2) is 4.99 Å². The maximum Gasteiger partial charge on any atom is 0.185 e. The number of hydrogen-bond acceptors (Lipinski definition) is 1. The Balaban J connectivity index is 2.56. The molecule has 0 amide bonds. The number of hydrogen-bond donors (Lipinski definition) is 2. The lowest BCUT2D eigenvalue weighted by Gasteiger charge is -2.25. The Labute approximate surface area is 87.0 Å². The average molecular weight is 197 g/mol. The first-order chi connectivity index (χ1) is 6.61. The van der Waals surface area contributed by atoms with Gasteiger partial charge in [-0.05, 0) is 17.8 Å². The standard InChI is InChI=1S/C11H23N3/c1-8-5-3-4-6-9(2)10(8)7-14-11(12)13/h8-10H,3-7H2,1-2H3,(H4,12,13,14). The van der Waals surface area contributed by atoms with Crippen LogP contribution in [0.25, 0.3) is 0 Å². The van der Waals surface area contributed by atoms with Gasteiger partial charge in [-0.15, -0.1) is 0 Å². The summed E-state index contributed by atoms with van der Waals surface area (Å²) in [4.78, 5) is 4.16. The van der Waals surface area contributed by atoms with E-state index in [9.17, 15) is 0 Å². The predicted octanol–water partition coefficient (Wildman–Crippen LogP) is 1.72. The first-order valence-electron chi connectivity index (χ1n) is 5.66. The van der Waals surface area contributed by atoms with Crippen molar-refractivity contribution in [1.82, 2.24) is 0 Å². The van der Waals surface area contributed by atoms with Crippen molar-refractivity contribution < 1.29 is 0 Å². The summed E-state index contributed by atoms with van der Waals surface area (Å²) in [6.07, 6.45) is 5.39. The molecular weight excluding hydrogens is 174 g/mol. The third kappa shape index (κ3) is 3.20. The first-order valence-corrected chi connectivity index (χ1v) is 5.66. The maximum absolute atomic E-state index is 5.37. The van der Waals surface area contributed by atoms with Gasteiger partial charge < -0.3 is 11.5 Å². The van der Waals surface area contributed by atoms with E-state index in [0.717, 1.165) is 18.4 Å². The average Bonchev–Trinajstić information content (AvgIpc) is 2.25. The van der Waals surface area contributed by atoms with Gasteiger partial charge in [0.15, 0.2) is 5.96 Å². The van der Waals surface area contributed by atoms with Gasteiger partial charge in [0.2, 0.25) is 0 Å². The van der Waals surface area contributed by atoms with Gasteiger partial charge in [0.05, 0.1) is 0 Å². The summed E-state index contributed by atoms with van der Waals surface area (Å²) in [6.45, 7) is 5.47. The van der Waals surface area contributed by atoms with Crippen molar-refractivity contribution in [2.75, 3.05) is 6.54 Å². The van der Waals surface area contributed by atoms with E-state index in [2.05, 4.69) is 18.8 Å². The SMILES string of the molecule is CC1CCCCC(C)C1CN=C(N)N. The summed E-state index contributed by atoms with van der Waals surface area (Å²) in [7, 11) is 0. The number of nitrogens with two attached hydrogens (primary N) is 2. The molecule has 2 unspecified atom stereocenters. The molecule has 0 heterocycles. The molecule has 3 nitrogen and oxygen atoms in total. The Bertz CT molecular complexity index is 185. The smallest absolute Gasteiger partial charge is 0.185 e. The van der Waals surface area contributed by atoms with E-state index in [0.29, 0.717) is 5.92 Å². The van der Waals surface area contributed by atoms with E-state index in [1.807, 2.05) is 0 Å². The molecule has 0 aromatic rings. The third-order valence-corrected chi connectivity index (χ3v) is 3.52. The lowest BCUT2D eigenvalue weighted by atomic mass is 9.82. The molecule has 2 atom stereocenters. The van der Waals surface area contributed by atoms with E-state index in [-0.39, 0.29) is 5.96 Å². The molecule has 14 heavy (non-hydrogen) atoms. The molecular formula is C11H23N3. The summed E-state index contributed by atoms with van der Waals surface area (Å²) in [6, 6.07) is 0. The zero-order valence-corrected chi connectivity index (χ0v) is 9.37. The van der Waals surface area contributed by atoms with Gasteiger partial charge in [0, 0.05) is 6.54 Å². The molecule has 1 aliphatic rings. The van der Waals surface area contributed by atoms with Gasteiger partial charge in [0.1, 0.15) is 0 Å². The van der Waals surface area contributed by atoms with Crippen molar-refractivity contribution in [2.24, 2.45) is 34.2 Å². The van der Waals surface area contributed by atoms with E-state index in [1.165, 1.54) is 25.7 Å². The Morgan fingerprint density at radius 3 is 2.07 bits per heavy atom. The zero-order chi connectivity index (χ0) is 10.6. The van der Waals surface area contributed by atoms with Crippen LogP contribution in [-0.2, 0) is 0 Å². The summed E-state index contributed by atoms with van der Waals surface area (Å²) >= 11 is 0. The highest BCUT2D eigenvalue weighted by Gasteiger charge is 2.25. The summed E-state index contributed by atoms with van der Waals surface area (Å²) < 4.78 is 0. The fourth-order valence-corrected chi connectivity index (χ4v) is 2.49. The van der Waals surface area contributed by atoms with Crippen LogP contribution in [0.1, 0.15) is 39.5 Å². The molecule has 0 radical (unpaired) electrons. The summed E-state index contributed by atoms with van der Waals surface area (Å²) in [5.41, 5.74) is 10.7. The first kappa shape index (κ1) is 11.3. The quantitative estimate of drug-likeness (QED) is 0.402. The number of rotatable bonds is 2. The number of aliphatic imine (C=N–C) groups is 1. The van der Waals surface area contributed by atoms with Crippen molar-refractivity contribution in [3.63, 3.8) is 0 Å². The fraction of sp³-hybridized carbons (Fsp3) is 0.909. The molecule has 0 bridgehead atoms. The second kappa shape index (κ2) is 5.23. The second-order valence-electron chi connectivity index (χ2n) is 4.67. The van der Waals surface area contributed by atoms with E-state index >= 15 is 0 Å². The molecule has 1 saturated carbocycles. The molecule has 1 fully saturated rings. The minimum Gasteiger partial charge on any atom is -0.370 e. The van der Waals surface area contributed by atoms with Crippen LogP contribution in [0, 0.1) is 17.8 Å². The maximum atomic E-state index is 5.37.